The average molecular weight is 500 g/mol. The number of β-amino-alcohol motifs (C(OH)–C–C–N with tert-alkyl or cyclic N) is 1. The molecule has 1 aromatic carbocycles. The molecule has 2 aliphatic rings. The van der Waals surface area contributed by atoms with Crippen LogP contribution in [0.15, 0.2) is 36.5 Å². The van der Waals surface area contributed by atoms with Crippen molar-refractivity contribution in [1.82, 2.24) is 19.8 Å². The molecule has 0 radical (unpaired) electrons. The van der Waals surface area contributed by atoms with E-state index in [4.69, 9.17) is 15.2 Å². The number of carbonyl (C=O) groups is 2. The van der Waals surface area contributed by atoms with Gasteiger partial charge >= 0.3 is 6.09 Å². The standard InChI is InChI=1S/C26H37N5O5/c1-26(2,27)24(33)29-22(17-35-15-18-7-4-3-5-8-18)23-28-13-19-9-6-10-20(31(19)23)16-36-25(34)30-12-11-21(32)14-30/h3-5,7-8,13,20-22,32H,6,9-12,14-17,27H2,1-2H3,(H,29,33)/t20?,21-,22-/m1/s1. The van der Waals surface area contributed by atoms with Crippen LogP contribution in [-0.4, -0.2) is 69.5 Å². The highest BCUT2D eigenvalue weighted by molar-refractivity contribution is 5.85. The number of hydrogen-bond acceptors (Lipinski definition) is 7. The predicted octanol–water partition coefficient (Wildman–Crippen LogP) is 2.08. The maximum absolute atomic E-state index is 12.8. The van der Waals surface area contributed by atoms with Crippen LogP contribution in [0.1, 0.15) is 62.3 Å². The van der Waals surface area contributed by atoms with E-state index in [9.17, 15) is 14.7 Å². The summed E-state index contributed by atoms with van der Waals surface area (Å²) in [6.07, 6.45) is 4.10. The maximum atomic E-state index is 12.8. The molecule has 4 N–H and O–H groups in total. The zero-order valence-corrected chi connectivity index (χ0v) is 21.1. The Balaban J connectivity index is 1.49. The van der Waals surface area contributed by atoms with Gasteiger partial charge in [-0.15, -0.1) is 0 Å². The largest absolute Gasteiger partial charge is 0.447 e. The number of rotatable bonds is 9. The summed E-state index contributed by atoms with van der Waals surface area (Å²) in [4.78, 5) is 31.5. The van der Waals surface area contributed by atoms with Gasteiger partial charge < -0.3 is 35.1 Å². The fourth-order valence-electron chi connectivity index (χ4n) is 4.64. The average Bonchev–Trinajstić information content (AvgIpc) is 3.48. The third-order valence-electron chi connectivity index (χ3n) is 6.66. The minimum Gasteiger partial charge on any atom is -0.447 e. The lowest BCUT2D eigenvalue weighted by Crippen LogP contribution is -2.51. The van der Waals surface area contributed by atoms with E-state index >= 15 is 0 Å². The highest BCUT2D eigenvalue weighted by atomic mass is 16.6. The topological polar surface area (TPSA) is 132 Å². The van der Waals surface area contributed by atoms with Crippen LogP contribution in [0.2, 0.25) is 0 Å². The first kappa shape index (κ1) is 26.1. The van der Waals surface area contributed by atoms with Gasteiger partial charge in [0.2, 0.25) is 5.91 Å². The SMILES string of the molecule is CC(C)(N)C(=O)N[C@H](COCc1ccccc1)c1ncc2n1C(COC(=O)N1CC[C@@H](O)C1)CCC2. The summed E-state index contributed by atoms with van der Waals surface area (Å²) >= 11 is 0. The maximum Gasteiger partial charge on any atom is 0.409 e. The smallest absolute Gasteiger partial charge is 0.409 e. The Morgan fingerprint density at radius 1 is 1.28 bits per heavy atom. The number of carbonyl (C=O) groups excluding carboxylic acids is 2. The van der Waals surface area contributed by atoms with Gasteiger partial charge in [0, 0.05) is 25.0 Å². The molecule has 3 atom stereocenters. The highest BCUT2D eigenvalue weighted by Crippen LogP contribution is 2.30. The zero-order chi connectivity index (χ0) is 25.7. The van der Waals surface area contributed by atoms with Gasteiger partial charge in [-0.1, -0.05) is 30.3 Å². The summed E-state index contributed by atoms with van der Waals surface area (Å²) in [5.41, 5.74) is 7.05. The van der Waals surface area contributed by atoms with Crippen molar-refractivity contribution in [3.8, 4) is 0 Å². The monoisotopic (exact) mass is 499 g/mol. The van der Waals surface area contributed by atoms with E-state index in [0.29, 0.717) is 31.9 Å². The predicted molar refractivity (Wildman–Crippen MR) is 133 cm³/mol. The Kier molecular flexibility index (Phi) is 8.28. The third-order valence-corrected chi connectivity index (χ3v) is 6.66. The summed E-state index contributed by atoms with van der Waals surface area (Å²) in [7, 11) is 0. The number of aliphatic hydroxyl groups excluding tert-OH is 1. The first-order valence-corrected chi connectivity index (χ1v) is 12.6. The number of fused-ring (bicyclic) bond motifs is 1. The number of aliphatic hydroxyl groups is 1. The van der Waals surface area contributed by atoms with Gasteiger partial charge in [-0.3, -0.25) is 4.79 Å². The van der Waals surface area contributed by atoms with Crippen LogP contribution in [0.3, 0.4) is 0 Å². The Bertz CT molecular complexity index is 1040. The summed E-state index contributed by atoms with van der Waals surface area (Å²) in [6, 6.07) is 9.19. The van der Waals surface area contributed by atoms with E-state index in [-0.39, 0.29) is 25.2 Å². The van der Waals surface area contributed by atoms with Crippen molar-refractivity contribution >= 4 is 12.0 Å². The fourth-order valence-corrected chi connectivity index (χ4v) is 4.64. The lowest BCUT2D eigenvalue weighted by molar-refractivity contribution is -0.126. The second-order valence-corrected chi connectivity index (χ2v) is 10.2. The molecule has 3 heterocycles. The number of aryl methyl sites for hydroxylation is 1. The lowest BCUT2D eigenvalue weighted by Gasteiger charge is -2.31. The Morgan fingerprint density at radius 2 is 2.06 bits per heavy atom. The van der Waals surface area contributed by atoms with E-state index < -0.39 is 23.8 Å². The van der Waals surface area contributed by atoms with E-state index in [1.807, 2.05) is 36.5 Å². The second kappa shape index (κ2) is 11.4. The number of benzene rings is 1. The lowest BCUT2D eigenvalue weighted by atomic mass is 10.0. The number of aromatic nitrogens is 2. The molecule has 0 saturated carbocycles. The fraction of sp³-hybridized carbons (Fsp3) is 0.577. The molecule has 1 fully saturated rings. The summed E-state index contributed by atoms with van der Waals surface area (Å²) < 4.78 is 13.7. The molecular formula is C26H37N5O5. The molecule has 1 aromatic heterocycles. The van der Waals surface area contributed by atoms with Crippen molar-refractivity contribution in [3.63, 3.8) is 0 Å². The highest BCUT2D eigenvalue weighted by Gasteiger charge is 2.33. The number of amides is 2. The summed E-state index contributed by atoms with van der Waals surface area (Å²) in [6.45, 7) is 4.91. The summed E-state index contributed by atoms with van der Waals surface area (Å²) in [5, 5.41) is 12.7. The van der Waals surface area contributed by atoms with Crippen LogP contribution in [0, 0.1) is 0 Å². The Labute approximate surface area is 211 Å². The number of nitrogens with one attached hydrogen (secondary N) is 1. The molecule has 0 bridgehead atoms. The number of imidazole rings is 1. The number of nitrogens with two attached hydrogens (primary N) is 1. The molecular weight excluding hydrogens is 462 g/mol. The van der Waals surface area contributed by atoms with Crippen LogP contribution in [-0.2, 0) is 27.3 Å². The van der Waals surface area contributed by atoms with Gasteiger partial charge in [-0.05, 0) is 45.1 Å². The van der Waals surface area contributed by atoms with Crippen molar-refractivity contribution in [2.75, 3.05) is 26.3 Å². The quantitative estimate of drug-likeness (QED) is 0.481. The summed E-state index contributed by atoms with van der Waals surface area (Å²) in [5.74, 6) is 0.354. The number of likely N-dealkylation sites (tertiary alicyclic amines) is 1. The molecule has 4 rings (SSSR count). The van der Waals surface area contributed by atoms with Crippen molar-refractivity contribution < 1.29 is 24.2 Å². The second-order valence-electron chi connectivity index (χ2n) is 10.2. The van der Waals surface area contributed by atoms with Gasteiger partial charge in [0.1, 0.15) is 18.5 Å². The molecule has 0 aliphatic carbocycles. The zero-order valence-electron chi connectivity index (χ0n) is 21.1. The first-order chi connectivity index (χ1) is 17.2. The van der Waals surface area contributed by atoms with Crippen LogP contribution < -0.4 is 11.1 Å². The normalized spacial score (nSPS) is 20.6. The molecule has 196 valence electrons. The van der Waals surface area contributed by atoms with E-state index in [2.05, 4.69) is 14.9 Å². The van der Waals surface area contributed by atoms with Gasteiger partial charge in [0.05, 0.1) is 30.9 Å². The van der Waals surface area contributed by atoms with Crippen LogP contribution >= 0.6 is 0 Å². The van der Waals surface area contributed by atoms with E-state index in [1.165, 1.54) is 4.90 Å². The van der Waals surface area contributed by atoms with Crippen molar-refractivity contribution in [3.05, 3.63) is 53.6 Å². The van der Waals surface area contributed by atoms with E-state index in [0.717, 1.165) is 30.5 Å². The minimum atomic E-state index is -1.07. The van der Waals surface area contributed by atoms with Gasteiger partial charge in [-0.25, -0.2) is 9.78 Å². The minimum absolute atomic E-state index is 0.109. The van der Waals surface area contributed by atoms with Gasteiger partial charge in [0.15, 0.2) is 0 Å². The van der Waals surface area contributed by atoms with Crippen LogP contribution in [0.4, 0.5) is 4.79 Å². The molecule has 36 heavy (non-hydrogen) atoms. The Morgan fingerprint density at radius 3 is 2.75 bits per heavy atom. The number of hydrogen-bond donors (Lipinski definition) is 3. The number of nitrogens with zero attached hydrogens (tertiary/aromatic N) is 3. The van der Waals surface area contributed by atoms with Crippen molar-refractivity contribution in [1.29, 1.82) is 0 Å². The van der Waals surface area contributed by atoms with Gasteiger partial charge in [-0.2, -0.15) is 0 Å². The number of ether oxygens (including phenoxy) is 2. The van der Waals surface area contributed by atoms with Crippen molar-refractivity contribution in [2.45, 2.75) is 69.9 Å². The molecule has 1 saturated heterocycles. The van der Waals surface area contributed by atoms with Crippen LogP contribution in [0.25, 0.3) is 0 Å². The molecule has 10 nitrogen and oxygen atoms in total. The van der Waals surface area contributed by atoms with Crippen LogP contribution in [0.5, 0.6) is 0 Å². The van der Waals surface area contributed by atoms with E-state index in [1.54, 1.807) is 13.8 Å². The molecule has 10 heteroatoms. The first-order valence-electron chi connectivity index (χ1n) is 12.6. The third kappa shape index (κ3) is 6.43. The molecule has 0 spiro atoms. The van der Waals surface area contributed by atoms with Gasteiger partial charge in [0.25, 0.3) is 0 Å². The molecule has 1 unspecified atom stereocenters. The Hall–Kier alpha value is -2.95. The van der Waals surface area contributed by atoms with Crippen molar-refractivity contribution in [2.24, 2.45) is 5.73 Å². The molecule has 2 amide bonds. The molecule has 2 aromatic rings. The molecule has 2 aliphatic heterocycles.